The molecule has 0 unspecified atom stereocenters. The Bertz CT molecular complexity index is 1630. The summed E-state index contributed by atoms with van der Waals surface area (Å²) in [6, 6.07) is 10.9. The van der Waals surface area contributed by atoms with Gasteiger partial charge in [-0.1, -0.05) is 36.2 Å². The fraction of sp³-hybridized carbons (Fsp3) is 0.538. The van der Waals surface area contributed by atoms with E-state index < -0.39 is 28.8 Å². The van der Waals surface area contributed by atoms with Gasteiger partial charge in [-0.25, -0.2) is 4.79 Å². The Kier molecular flexibility index (Phi) is 13.3. The van der Waals surface area contributed by atoms with E-state index in [9.17, 15) is 25.1 Å². The molecule has 0 saturated heterocycles. The Morgan fingerprint density at radius 2 is 1.85 bits per heavy atom. The highest BCUT2D eigenvalue weighted by atomic mass is 16.7. The van der Waals surface area contributed by atoms with Crippen molar-refractivity contribution in [3.63, 3.8) is 0 Å². The van der Waals surface area contributed by atoms with Gasteiger partial charge >= 0.3 is 6.09 Å². The van der Waals surface area contributed by atoms with Crippen LogP contribution in [0.1, 0.15) is 70.3 Å². The number of nitro benzene ring substituents is 1. The lowest BCUT2D eigenvalue weighted by molar-refractivity contribution is -0.384. The summed E-state index contributed by atoms with van der Waals surface area (Å²) >= 11 is 0. The average Bonchev–Trinajstić information content (AvgIpc) is 3.14. The monoisotopic (exact) mass is 721 g/mol. The van der Waals surface area contributed by atoms with E-state index in [-0.39, 0.29) is 56.3 Å². The van der Waals surface area contributed by atoms with Crippen molar-refractivity contribution in [3.05, 3.63) is 82.4 Å². The Balaban J connectivity index is 1.74. The summed E-state index contributed by atoms with van der Waals surface area (Å²) in [5, 5.41) is 35.6. The molecule has 282 valence electrons. The molecule has 2 aromatic carbocycles. The fourth-order valence-electron chi connectivity index (χ4n) is 8.08. The van der Waals surface area contributed by atoms with Crippen LogP contribution in [-0.2, 0) is 14.3 Å². The minimum absolute atomic E-state index is 0.0291. The zero-order valence-electron chi connectivity index (χ0n) is 30.3. The molecule has 52 heavy (non-hydrogen) atoms. The number of likely N-dealkylation sites (N-methyl/N-ethyl adjacent to an activating group) is 1. The Morgan fingerprint density at radius 3 is 2.54 bits per heavy atom. The van der Waals surface area contributed by atoms with E-state index in [1.54, 1.807) is 38.2 Å². The van der Waals surface area contributed by atoms with Gasteiger partial charge in [0.15, 0.2) is 0 Å². The summed E-state index contributed by atoms with van der Waals surface area (Å²) in [6.07, 6.45) is 8.14. The summed E-state index contributed by atoms with van der Waals surface area (Å²) in [6.45, 7) is 8.39. The van der Waals surface area contributed by atoms with Crippen LogP contribution >= 0.6 is 0 Å². The Labute approximate surface area is 305 Å². The molecule has 0 bridgehead atoms. The maximum Gasteiger partial charge on any atom is 0.409 e. The molecule has 13 heteroatoms. The molecule has 5 rings (SSSR count). The third-order valence-electron chi connectivity index (χ3n) is 10.2. The molecule has 3 aliphatic rings. The van der Waals surface area contributed by atoms with Crippen LogP contribution in [-0.4, -0.2) is 83.8 Å². The first-order chi connectivity index (χ1) is 25.2. The van der Waals surface area contributed by atoms with Crippen molar-refractivity contribution in [2.45, 2.75) is 76.5 Å². The van der Waals surface area contributed by atoms with Gasteiger partial charge in [0, 0.05) is 44.2 Å². The van der Waals surface area contributed by atoms with Gasteiger partial charge in [-0.05, 0) is 81.2 Å². The van der Waals surface area contributed by atoms with Crippen LogP contribution in [0.3, 0.4) is 0 Å². The predicted molar refractivity (Wildman–Crippen MR) is 195 cm³/mol. The lowest BCUT2D eigenvalue weighted by Crippen LogP contribution is -2.69. The van der Waals surface area contributed by atoms with Gasteiger partial charge in [-0.15, -0.1) is 6.58 Å². The first-order valence-corrected chi connectivity index (χ1v) is 18.2. The molecule has 13 nitrogen and oxygen atoms in total. The number of hydrogen-bond acceptors (Lipinski definition) is 11. The number of amides is 1. The standard InChI is InChI=1S/C39H51N3O10/c1-5-21-49-39-35(41(4)38(45)48-6-2)25-33(40-50-7-3)31-22-26(13-8-10-19-43)30(16-9-11-20-44)36(37(31)39)32-24-29(17-18-34(32)52-39)51-28-15-12-14-27(23-28)42(46)47/h5,12,14-15,17-18,22-24,26,30,35-37,43-44H,1,6-11,13,16,19-21,25H2,2-4H3/t26-,30+,35-,36+,37+,39+/m0/s1. The molecule has 6 atom stereocenters. The van der Waals surface area contributed by atoms with Crippen LogP contribution in [0.2, 0.25) is 0 Å². The zero-order valence-corrected chi connectivity index (χ0v) is 30.3. The van der Waals surface area contributed by atoms with Crippen molar-refractivity contribution in [2.75, 3.05) is 40.1 Å². The van der Waals surface area contributed by atoms with Gasteiger partial charge in [-0.2, -0.15) is 0 Å². The number of oxime groups is 1. The highest BCUT2D eigenvalue weighted by molar-refractivity contribution is 6.02. The Morgan fingerprint density at radius 1 is 1.10 bits per heavy atom. The van der Waals surface area contributed by atoms with Gasteiger partial charge in [0.25, 0.3) is 5.69 Å². The minimum Gasteiger partial charge on any atom is -0.459 e. The molecule has 2 N–H and O–H groups in total. The summed E-state index contributed by atoms with van der Waals surface area (Å²) in [7, 11) is 1.68. The SMILES string of the molecule is C=CCO[C@@]12Oc3ccc(Oc4cccc([N+](=O)[O-])c4)cc3[C@H]3[C@H](CCCCO)[C@@H](CCCCO)C=C(C(=NOCC)C[C@@H]1N(C)C(=O)OCC)[C@H]32. The largest absolute Gasteiger partial charge is 0.459 e. The molecule has 1 saturated carbocycles. The quantitative estimate of drug-likeness (QED) is 0.0701. The van der Waals surface area contributed by atoms with Gasteiger partial charge in [0.05, 0.1) is 35.8 Å². The maximum atomic E-state index is 13.5. The number of non-ortho nitro benzene ring substituents is 1. The van der Waals surface area contributed by atoms with Crippen molar-refractivity contribution >= 4 is 17.5 Å². The van der Waals surface area contributed by atoms with E-state index in [0.717, 1.165) is 36.8 Å². The van der Waals surface area contributed by atoms with E-state index in [0.29, 0.717) is 42.4 Å². The number of hydrogen-bond donors (Lipinski definition) is 2. The van der Waals surface area contributed by atoms with Crippen LogP contribution < -0.4 is 9.47 Å². The normalized spacial score (nSPS) is 25.2. The molecule has 1 amide bonds. The van der Waals surface area contributed by atoms with Crippen LogP contribution in [0.15, 0.2) is 71.9 Å². The molecule has 1 fully saturated rings. The number of ether oxygens (including phenoxy) is 4. The van der Waals surface area contributed by atoms with Gasteiger partial charge < -0.3 is 38.9 Å². The number of nitro groups is 1. The van der Waals surface area contributed by atoms with E-state index >= 15 is 0 Å². The number of rotatable bonds is 18. The summed E-state index contributed by atoms with van der Waals surface area (Å²) < 4.78 is 25.6. The van der Waals surface area contributed by atoms with E-state index in [1.807, 2.05) is 19.1 Å². The van der Waals surface area contributed by atoms with Gasteiger partial charge in [0.2, 0.25) is 5.79 Å². The number of unbranched alkanes of at least 4 members (excludes halogenated alkanes) is 2. The number of fused-ring (bicyclic) bond motifs is 2. The molecule has 2 aromatic rings. The van der Waals surface area contributed by atoms with Crippen LogP contribution in [0, 0.1) is 27.9 Å². The van der Waals surface area contributed by atoms with Crippen molar-refractivity contribution in [2.24, 2.45) is 22.9 Å². The van der Waals surface area contributed by atoms with Crippen LogP contribution in [0.5, 0.6) is 17.2 Å². The number of carbonyl (C=O) groups is 1. The first-order valence-electron chi connectivity index (χ1n) is 18.2. The highest BCUT2D eigenvalue weighted by Gasteiger charge is 2.65. The second-order valence-electron chi connectivity index (χ2n) is 13.4. The lowest BCUT2D eigenvalue weighted by Gasteiger charge is -2.59. The zero-order chi connectivity index (χ0) is 37.3. The number of aliphatic hydroxyl groups is 2. The number of benzene rings is 2. The lowest BCUT2D eigenvalue weighted by atomic mass is 9.55. The molecule has 0 spiro atoms. The minimum atomic E-state index is -1.39. The van der Waals surface area contributed by atoms with Crippen molar-refractivity contribution in [3.8, 4) is 17.2 Å². The van der Waals surface area contributed by atoms with E-state index in [4.69, 9.17) is 23.8 Å². The summed E-state index contributed by atoms with van der Waals surface area (Å²) in [5.74, 6) is -0.659. The number of nitrogens with zero attached hydrogens (tertiary/aromatic N) is 3. The topological polar surface area (TPSA) is 162 Å². The third kappa shape index (κ3) is 8.11. The summed E-state index contributed by atoms with van der Waals surface area (Å²) in [5.41, 5.74) is 2.39. The first kappa shape index (κ1) is 38.8. The average molecular weight is 722 g/mol. The molecular formula is C39H51N3O10. The Hall–Kier alpha value is -4.46. The number of aliphatic hydroxyl groups excluding tert-OH is 2. The summed E-state index contributed by atoms with van der Waals surface area (Å²) in [4.78, 5) is 31.7. The molecule has 0 aromatic heterocycles. The maximum absolute atomic E-state index is 13.5. The third-order valence-corrected chi connectivity index (χ3v) is 10.2. The number of allylic oxidation sites excluding steroid dienone is 1. The van der Waals surface area contributed by atoms with Crippen LogP contribution in [0.25, 0.3) is 0 Å². The predicted octanol–water partition coefficient (Wildman–Crippen LogP) is 7.13. The van der Waals surface area contributed by atoms with E-state index in [1.165, 1.54) is 17.0 Å². The van der Waals surface area contributed by atoms with Gasteiger partial charge in [-0.3, -0.25) is 10.1 Å². The second-order valence-corrected chi connectivity index (χ2v) is 13.4. The van der Waals surface area contributed by atoms with Crippen LogP contribution in [0.4, 0.5) is 10.5 Å². The second kappa shape index (κ2) is 17.8. The molecular weight excluding hydrogens is 670 g/mol. The number of carbonyl (C=O) groups excluding carboxylic acids is 1. The van der Waals surface area contributed by atoms with Gasteiger partial charge in [0.1, 0.15) is 29.9 Å². The molecule has 1 aliphatic heterocycles. The van der Waals surface area contributed by atoms with E-state index in [2.05, 4.69) is 17.8 Å². The van der Waals surface area contributed by atoms with Crippen molar-refractivity contribution in [1.82, 2.24) is 4.90 Å². The molecule has 0 radical (unpaired) electrons. The molecule has 1 heterocycles. The fourth-order valence-corrected chi connectivity index (χ4v) is 8.08. The van der Waals surface area contributed by atoms with Crippen molar-refractivity contribution in [1.29, 1.82) is 0 Å². The van der Waals surface area contributed by atoms with Crippen molar-refractivity contribution < 1.29 is 43.7 Å². The highest BCUT2D eigenvalue weighted by Crippen LogP contribution is 2.62. The smallest absolute Gasteiger partial charge is 0.409 e. The molecule has 2 aliphatic carbocycles.